The summed E-state index contributed by atoms with van der Waals surface area (Å²) in [4.78, 5) is 41.4. The smallest absolute Gasteiger partial charge is 0.272 e. The van der Waals surface area contributed by atoms with Crippen molar-refractivity contribution in [3.05, 3.63) is 74.8 Å². The molecule has 0 spiro atoms. The van der Waals surface area contributed by atoms with E-state index >= 15 is 0 Å². The molecule has 0 unspecified atom stereocenters. The first kappa shape index (κ1) is 22.3. The number of amides is 2. The lowest BCUT2D eigenvalue weighted by Gasteiger charge is -2.20. The third-order valence-electron chi connectivity index (χ3n) is 5.89. The number of halogens is 2. The number of H-pyrrole nitrogens is 1. The van der Waals surface area contributed by atoms with Gasteiger partial charge in [-0.15, -0.1) is 0 Å². The molecule has 1 aliphatic heterocycles. The fourth-order valence-corrected chi connectivity index (χ4v) is 4.75. The minimum Gasteiger partial charge on any atom is -0.455 e. The number of carbonyl (C=O) groups is 2. The maximum Gasteiger partial charge on any atom is 0.272 e. The van der Waals surface area contributed by atoms with E-state index in [1.807, 2.05) is 13.1 Å². The van der Waals surface area contributed by atoms with Crippen LogP contribution in [0.15, 0.2) is 53.6 Å². The van der Waals surface area contributed by atoms with Crippen LogP contribution in [-0.2, 0) is 16.6 Å². The van der Waals surface area contributed by atoms with Gasteiger partial charge in [0.1, 0.15) is 17.0 Å². The summed E-state index contributed by atoms with van der Waals surface area (Å²) in [6.45, 7) is 1.81. The highest BCUT2D eigenvalue weighted by molar-refractivity contribution is 6.35. The number of fused-ring (bicyclic) bond motifs is 1. The molecule has 4 aromatic rings. The quantitative estimate of drug-likeness (QED) is 0.373. The van der Waals surface area contributed by atoms with Crippen molar-refractivity contribution in [1.82, 2.24) is 9.55 Å². The summed E-state index contributed by atoms with van der Waals surface area (Å²) in [5.41, 5.74) is 2.75. The maximum absolute atomic E-state index is 12.5. The summed E-state index contributed by atoms with van der Waals surface area (Å²) in [6.07, 6.45) is 3.75. The number of carbonyl (C=O) groups excluding carboxylic acids is 2. The van der Waals surface area contributed by atoms with Crippen molar-refractivity contribution in [2.24, 2.45) is 7.05 Å². The molecule has 1 saturated heterocycles. The number of nitrogens with zero attached hydrogens (tertiary/aromatic N) is 2. The average molecular weight is 496 g/mol. The van der Waals surface area contributed by atoms with Crippen molar-refractivity contribution in [2.45, 2.75) is 19.8 Å². The van der Waals surface area contributed by atoms with Crippen LogP contribution in [0.1, 0.15) is 18.4 Å². The van der Waals surface area contributed by atoms with Crippen LogP contribution in [0.5, 0.6) is 11.5 Å². The van der Waals surface area contributed by atoms with Crippen molar-refractivity contribution >= 4 is 51.6 Å². The molecule has 3 heterocycles. The number of pyridine rings is 1. The molecule has 34 heavy (non-hydrogen) atoms. The number of aromatic nitrogens is 2. The van der Waals surface area contributed by atoms with Crippen molar-refractivity contribution in [2.75, 3.05) is 4.90 Å². The third kappa shape index (κ3) is 3.67. The first-order valence-corrected chi connectivity index (χ1v) is 11.3. The van der Waals surface area contributed by atoms with E-state index in [4.69, 9.17) is 27.9 Å². The van der Waals surface area contributed by atoms with E-state index < -0.39 is 0 Å². The molecule has 2 aromatic heterocycles. The van der Waals surface area contributed by atoms with Crippen LogP contribution in [0, 0.1) is 6.92 Å². The number of benzene rings is 2. The van der Waals surface area contributed by atoms with Crippen LogP contribution in [0.25, 0.3) is 22.0 Å². The monoisotopic (exact) mass is 495 g/mol. The molecule has 2 amide bonds. The first-order chi connectivity index (χ1) is 16.2. The maximum atomic E-state index is 12.5. The Kier molecular flexibility index (Phi) is 5.46. The Balaban J connectivity index is 1.76. The fraction of sp³-hybridized carbons (Fsp3) is 0.160. The zero-order chi connectivity index (χ0) is 24.1. The summed E-state index contributed by atoms with van der Waals surface area (Å²) in [7, 11) is 1.78. The summed E-state index contributed by atoms with van der Waals surface area (Å²) in [5.74, 6) is 0.355. The molecular weight excluding hydrogens is 477 g/mol. The van der Waals surface area contributed by atoms with Gasteiger partial charge in [-0.2, -0.15) is 0 Å². The zero-order valence-electron chi connectivity index (χ0n) is 18.3. The number of hydrogen-bond donors (Lipinski definition) is 1. The lowest BCUT2D eigenvalue weighted by Crippen LogP contribution is -2.29. The van der Waals surface area contributed by atoms with Gasteiger partial charge >= 0.3 is 0 Å². The van der Waals surface area contributed by atoms with Gasteiger partial charge in [-0.25, -0.2) is 0 Å². The molecule has 0 saturated carbocycles. The molecule has 0 radical (unpaired) electrons. The molecule has 1 fully saturated rings. The van der Waals surface area contributed by atoms with E-state index in [2.05, 4.69) is 4.98 Å². The summed E-state index contributed by atoms with van der Waals surface area (Å²) in [6, 6.07) is 10.2. The van der Waals surface area contributed by atoms with Gasteiger partial charge in [0.2, 0.25) is 11.8 Å². The Hall–Kier alpha value is -3.55. The second kappa shape index (κ2) is 8.34. The Morgan fingerprint density at radius 1 is 0.941 bits per heavy atom. The van der Waals surface area contributed by atoms with E-state index in [1.54, 1.807) is 54.2 Å². The highest BCUT2D eigenvalue weighted by atomic mass is 35.5. The van der Waals surface area contributed by atoms with Gasteiger partial charge in [-0.3, -0.25) is 19.3 Å². The second-order valence-corrected chi connectivity index (χ2v) is 9.00. The number of rotatable bonds is 4. The van der Waals surface area contributed by atoms with Crippen LogP contribution < -0.4 is 15.2 Å². The van der Waals surface area contributed by atoms with Gasteiger partial charge in [-0.1, -0.05) is 23.2 Å². The van der Waals surface area contributed by atoms with Crippen molar-refractivity contribution in [3.8, 4) is 22.6 Å². The largest absolute Gasteiger partial charge is 0.455 e. The van der Waals surface area contributed by atoms with Crippen LogP contribution >= 0.6 is 23.2 Å². The summed E-state index contributed by atoms with van der Waals surface area (Å²) >= 11 is 12.4. The van der Waals surface area contributed by atoms with E-state index in [9.17, 15) is 14.4 Å². The number of anilines is 1. The van der Waals surface area contributed by atoms with E-state index in [1.165, 1.54) is 4.90 Å². The van der Waals surface area contributed by atoms with Crippen LogP contribution in [0.4, 0.5) is 5.69 Å². The number of nitrogens with one attached hydrogen (secondary N) is 1. The van der Waals surface area contributed by atoms with Crippen LogP contribution in [0.2, 0.25) is 10.0 Å². The third-order valence-corrected chi connectivity index (χ3v) is 6.43. The minimum absolute atomic E-state index is 0.176. The van der Waals surface area contributed by atoms with Gasteiger partial charge in [0.05, 0.1) is 10.7 Å². The summed E-state index contributed by atoms with van der Waals surface area (Å²) < 4.78 is 7.95. The highest BCUT2D eigenvalue weighted by Crippen LogP contribution is 2.43. The van der Waals surface area contributed by atoms with Gasteiger partial charge in [0.25, 0.3) is 5.56 Å². The Morgan fingerprint density at radius 3 is 2.38 bits per heavy atom. The second-order valence-electron chi connectivity index (χ2n) is 8.16. The van der Waals surface area contributed by atoms with Gasteiger partial charge in [-0.05, 0) is 48.9 Å². The molecule has 0 bridgehead atoms. The molecule has 1 aliphatic rings. The normalized spacial score (nSPS) is 13.8. The molecule has 5 rings (SSSR count). The van der Waals surface area contributed by atoms with E-state index in [-0.39, 0.29) is 30.2 Å². The molecular formula is C25H19Cl2N3O4. The topological polar surface area (TPSA) is 84.4 Å². The number of aryl methyl sites for hydroxylation is 2. The SMILES string of the molecule is Cc1cc(Oc2ccc(Cl)cc2Cl)c(-c2cn(C)c3c(=O)[nH]ccc23)cc1N1C(=O)CCC1=O. The number of ether oxygens (including phenoxy) is 1. The molecule has 0 atom stereocenters. The number of hydrogen-bond acceptors (Lipinski definition) is 4. The van der Waals surface area contributed by atoms with Crippen molar-refractivity contribution in [1.29, 1.82) is 0 Å². The highest BCUT2D eigenvalue weighted by Gasteiger charge is 2.32. The first-order valence-electron chi connectivity index (χ1n) is 10.5. The molecule has 7 nitrogen and oxygen atoms in total. The zero-order valence-corrected chi connectivity index (χ0v) is 19.8. The Bertz CT molecular complexity index is 1540. The number of aromatic amines is 1. The lowest BCUT2D eigenvalue weighted by atomic mass is 10.0. The predicted octanol–water partition coefficient (Wildman–Crippen LogP) is 5.59. The standard InChI is InChI=1S/C25H19Cl2N3O4/c1-13-9-21(34-20-4-3-14(26)10-18(20)27)16(11-19(13)30-22(31)5-6-23(30)32)17-12-29(2)24-15(17)7-8-28-25(24)33/h3-4,7-12H,5-6H2,1-2H3,(H,28,33). The van der Waals surface area contributed by atoms with Gasteiger partial charge in [0, 0.05) is 53.8 Å². The summed E-state index contributed by atoms with van der Waals surface area (Å²) in [5, 5.41) is 1.51. The molecule has 9 heteroatoms. The predicted molar refractivity (Wildman–Crippen MR) is 132 cm³/mol. The van der Waals surface area contributed by atoms with E-state index in [0.29, 0.717) is 54.8 Å². The molecule has 1 N–H and O–H groups in total. The number of imide groups is 1. The molecule has 172 valence electrons. The van der Waals surface area contributed by atoms with Gasteiger partial charge in [0.15, 0.2) is 0 Å². The Labute approximate surface area is 204 Å². The lowest BCUT2D eigenvalue weighted by molar-refractivity contribution is -0.121. The van der Waals surface area contributed by atoms with Crippen molar-refractivity contribution in [3.63, 3.8) is 0 Å². The van der Waals surface area contributed by atoms with Crippen molar-refractivity contribution < 1.29 is 14.3 Å². The van der Waals surface area contributed by atoms with E-state index in [0.717, 1.165) is 0 Å². The van der Waals surface area contributed by atoms with Crippen LogP contribution in [-0.4, -0.2) is 21.4 Å². The Morgan fingerprint density at radius 2 is 1.68 bits per heavy atom. The molecule has 0 aliphatic carbocycles. The fourth-order valence-electron chi connectivity index (χ4n) is 4.31. The minimum atomic E-state index is -0.247. The van der Waals surface area contributed by atoms with Gasteiger partial charge < -0.3 is 14.3 Å². The average Bonchev–Trinajstić information content (AvgIpc) is 3.30. The van der Waals surface area contributed by atoms with Crippen LogP contribution in [0.3, 0.4) is 0 Å². The molecule has 2 aromatic carbocycles.